The van der Waals surface area contributed by atoms with Gasteiger partial charge in [0.1, 0.15) is 5.82 Å². The average molecular weight is 331 g/mol. The molecule has 122 valence electrons. The van der Waals surface area contributed by atoms with Crippen LogP contribution in [0.3, 0.4) is 0 Å². The SMILES string of the molecule is CC(C)N(Cc1ccccc1)C(=O)CCSc1ccc(F)cc1. The van der Waals surface area contributed by atoms with Crippen molar-refractivity contribution in [3.05, 3.63) is 66.0 Å². The Morgan fingerprint density at radius 2 is 1.74 bits per heavy atom. The van der Waals surface area contributed by atoms with Crippen molar-refractivity contribution in [3.8, 4) is 0 Å². The Kier molecular flexibility index (Phi) is 6.66. The highest BCUT2D eigenvalue weighted by atomic mass is 32.2. The molecule has 0 aliphatic carbocycles. The van der Waals surface area contributed by atoms with Crippen molar-refractivity contribution in [1.82, 2.24) is 4.90 Å². The number of nitrogens with zero attached hydrogens (tertiary/aromatic N) is 1. The van der Waals surface area contributed by atoms with Crippen LogP contribution in [0.4, 0.5) is 4.39 Å². The molecule has 4 heteroatoms. The smallest absolute Gasteiger partial charge is 0.223 e. The number of hydrogen-bond donors (Lipinski definition) is 0. The second-order valence-corrected chi connectivity index (χ2v) is 6.82. The third-order valence-corrected chi connectivity index (χ3v) is 4.55. The largest absolute Gasteiger partial charge is 0.336 e. The number of thioether (sulfide) groups is 1. The Morgan fingerprint density at radius 1 is 1.09 bits per heavy atom. The molecule has 2 nitrogen and oxygen atoms in total. The minimum Gasteiger partial charge on any atom is -0.336 e. The Morgan fingerprint density at radius 3 is 2.35 bits per heavy atom. The second-order valence-electron chi connectivity index (χ2n) is 5.65. The highest BCUT2D eigenvalue weighted by molar-refractivity contribution is 7.99. The molecule has 1 amide bonds. The van der Waals surface area contributed by atoms with Gasteiger partial charge in [-0.05, 0) is 43.7 Å². The molecule has 0 radical (unpaired) electrons. The zero-order valence-electron chi connectivity index (χ0n) is 13.5. The molecule has 0 aromatic heterocycles. The Balaban J connectivity index is 1.87. The molecule has 2 aromatic rings. The van der Waals surface area contributed by atoms with E-state index < -0.39 is 0 Å². The van der Waals surface area contributed by atoms with Gasteiger partial charge in [0.05, 0.1) is 0 Å². The van der Waals surface area contributed by atoms with Gasteiger partial charge in [0, 0.05) is 29.7 Å². The normalized spacial score (nSPS) is 10.8. The predicted molar refractivity (Wildman–Crippen MR) is 93.9 cm³/mol. The van der Waals surface area contributed by atoms with Gasteiger partial charge in [0.15, 0.2) is 0 Å². The van der Waals surface area contributed by atoms with Crippen molar-refractivity contribution in [2.75, 3.05) is 5.75 Å². The Hall–Kier alpha value is -1.81. The van der Waals surface area contributed by atoms with E-state index in [0.717, 1.165) is 10.5 Å². The van der Waals surface area contributed by atoms with E-state index >= 15 is 0 Å². The van der Waals surface area contributed by atoms with Gasteiger partial charge in [-0.15, -0.1) is 11.8 Å². The molecule has 0 heterocycles. The maximum atomic E-state index is 12.9. The van der Waals surface area contributed by atoms with Crippen molar-refractivity contribution in [1.29, 1.82) is 0 Å². The standard InChI is InChI=1S/C19H22FNOS/c1-15(2)21(14-16-6-4-3-5-7-16)19(22)12-13-23-18-10-8-17(20)9-11-18/h3-11,15H,12-14H2,1-2H3. The molecule has 2 rings (SSSR count). The van der Waals surface area contributed by atoms with Crippen LogP contribution in [0.1, 0.15) is 25.8 Å². The number of hydrogen-bond acceptors (Lipinski definition) is 2. The molecule has 0 saturated heterocycles. The molecule has 0 aliphatic rings. The van der Waals surface area contributed by atoms with E-state index in [2.05, 4.69) is 0 Å². The van der Waals surface area contributed by atoms with Crippen LogP contribution in [0.25, 0.3) is 0 Å². The molecule has 0 bridgehead atoms. The van der Waals surface area contributed by atoms with E-state index in [1.807, 2.05) is 49.1 Å². The summed E-state index contributed by atoms with van der Waals surface area (Å²) in [5, 5.41) is 0. The second kappa shape index (κ2) is 8.73. The molecule has 0 unspecified atom stereocenters. The third kappa shape index (κ3) is 5.71. The van der Waals surface area contributed by atoms with E-state index in [-0.39, 0.29) is 17.8 Å². The van der Waals surface area contributed by atoms with Crippen LogP contribution in [0, 0.1) is 5.82 Å². The molecular formula is C19H22FNOS. The van der Waals surface area contributed by atoms with E-state index in [1.165, 1.54) is 12.1 Å². The summed E-state index contributed by atoms with van der Waals surface area (Å²) in [5.74, 6) is 0.611. The van der Waals surface area contributed by atoms with Gasteiger partial charge in [-0.1, -0.05) is 30.3 Å². The van der Waals surface area contributed by atoms with Gasteiger partial charge in [-0.25, -0.2) is 4.39 Å². The molecule has 0 saturated carbocycles. The number of benzene rings is 2. The third-order valence-electron chi connectivity index (χ3n) is 3.54. The fourth-order valence-corrected chi connectivity index (χ4v) is 3.11. The summed E-state index contributed by atoms with van der Waals surface area (Å²) in [7, 11) is 0. The predicted octanol–water partition coefficient (Wildman–Crippen LogP) is 4.75. The summed E-state index contributed by atoms with van der Waals surface area (Å²) < 4.78 is 12.9. The molecule has 0 fully saturated rings. The summed E-state index contributed by atoms with van der Waals surface area (Å²) in [6, 6.07) is 16.6. The molecule has 0 N–H and O–H groups in total. The van der Waals surface area contributed by atoms with Gasteiger partial charge in [0.2, 0.25) is 5.91 Å². The lowest BCUT2D eigenvalue weighted by atomic mass is 10.2. The molecular weight excluding hydrogens is 309 g/mol. The average Bonchev–Trinajstić information content (AvgIpc) is 2.55. The lowest BCUT2D eigenvalue weighted by Crippen LogP contribution is -2.36. The summed E-state index contributed by atoms with van der Waals surface area (Å²) in [5.41, 5.74) is 1.14. The van der Waals surface area contributed by atoms with Crippen molar-refractivity contribution in [2.45, 2.75) is 37.8 Å². The van der Waals surface area contributed by atoms with Crippen molar-refractivity contribution < 1.29 is 9.18 Å². The summed E-state index contributed by atoms with van der Waals surface area (Å²) >= 11 is 1.58. The quantitative estimate of drug-likeness (QED) is 0.683. The van der Waals surface area contributed by atoms with E-state index in [0.29, 0.717) is 18.7 Å². The first-order chi connectivity index (χ1) is 11.1. The highest BCUT2D eigenvalue weighted by Gasteiger charge is 2.16. The van der Waals surface area contributed by atoms with Crippen LogP contribution < -0.4 is 0 Å². The van der Waals surface area contributed by atoms with Gasteiger partial charge in [-0.3, -0.25) is 4.79 Å². The maximum absolute atomic E-state index is 12.9. The number of halogens is 1. The first-order valence-corrected chi connectivity index (χ1v) is 8.76. The summed E-state index contributed by atoms with van der Waals surface area (Å²) in [4.78, 5) is 15.4. The van der Waals surface area contributed by atoms with E-state index in [1.54, 1.807) is 23.9 Å². The summed E-state index contributed by atoms with van der Waals surface area (Å²) in [6.45, 7) is 4.71. The minimum absolute atomic E-state index is 0.151. The van der Waals surface area contributed by atoms with Crippen LogP contribution >= 0.6 is 11.8 Å². The highest BCUT2D eigenvalue weighted by Crippen LogP contribution is 2.20. The molecule has 0 spiro atoms. The number of carbonyl (C=O) groups is 1. The fraction of sp³-hybridized carbons (Fsp3) is 0.316. The zero-order valence-corrected chi connectivity index (χ0v) is 14.4. The monoisotopic (exact) mass is 331 g/mol. The van der Waals surface area contributed by atoms with Crippen LogP contribution in [0.15, 0.2) is 59.5 Å². The van der Waals surface area contributed by atoms with Crippen LogP contribution in [-0.2, 0) is 11.3 Å². The van der Waals surface area contributed by atoms with Crippen molar-refractivity contribution in [3.63, 3.8) is 0 Å². The van der Waals surface area contributed by atoms with E-state index in [4.69, 9.17) is 0 Å². The van der Waals surface area contributed by atoms with Crippen molar-refractivity contribution >= 4 is 17.7 Å². The number of amides is 1. The lowest BCUT2D eigenvalue weighted by Gasteiger charge is -2.27. The van der Waals surface area contributed by atoms with Gasteiger partial charge >= 0.3 is 0 Å². The topological polar surface area (TPSA) is 20.3 Å². The fourth-order valence-electron chi connectivity index (χ4n) is 2.27. The van der Waals surface area contributed by atoms with Gasteiger partial charge < -0.3 is 4.90 Å². The molecule has 2 aromatic carbocycles. The van der Waals surface area contributed by atoms with Gasteiger partial charge in [-0.2, -0.15) is 0 Å². The molecule has 23 heavy (non-hydrogen) atoms. The molecule has 0 aliphatic heterocycles. The van der Waals surface area contributed by atoms with Crippen LogP contribution in [-0.4, -0.2) is 22.6 Å². The lowest BCUT2D eigenvalue weighted by molar-refractivity contribution is -0.133. The van der Waals surface area contributed by atoms with Crippen LogP contribution in [0.5, 0.6) is 0 Å². The minimum atomic E-state index is -0.237. The Labute approximate surface area is 141 Å². The van der Waals surface area contributed by atoms with Gasteiger partial charge in [0.25, 0.3) is 0 Å². The van der Waals surface area contributed by atoms with Crippen molar-refractivity contribution in [2.24, 2.45) is 0 Å². The number of carbonyl (C=O) groups excluding carboxylic acids is 1. The summed E-state index contributed by atoms with van der Waals surface area (Å²) in [6.07, 6.45) is 0.479. The first-order valence-electron chi connectivity index (χ1n) is 7.78. The Bertz CT molecular complexity index is 613. The number of rotatable bonds is 7. The first kappa shape index (κ1) is 17.5. The van der Waals surface area contributed by atoms with Crippen LogP contribution in [0.2, 0.25) is 0 Å². The maximum Gasteiger partial charge on any atom is 0.223 e. The zero-order chi connectivity index (χ0) is 16.7. The van der Waals surface area contributed by atoms with E-state index in [9.17, 15) is 9.18 Å². The molecule has 0 atom stereocenters.